The molecule has 17 heavy (non-hydrogen) atoms. The van der Waals surface area contributed by atoms with E-state index in [2.05, 4.69) is 4.90 Å². The van der Waals surface area contributed by atoms with Crippen molar-refractivity contribution in [2.75, 3.05) is 26.7 Å². The maximum atomic E-state index is 11.7. The highest BCUT2D eigenvalue weighted by molar-refractivity contribution is 5.78. The number of morpholine rings is 1. The van der Waals surface area contributed by atoms with E-state index in [0.717, 1.165) is 25.6 Å². The summed E-state index contributed by atoms with van der Waals surface area (Å²) in [6, 6.07) is 1.05. The maximum Gasteiger partial charge on any atom is 0.248 e. The minimum Gasteiger partial charge on any atom is -0.366 e. The number of piperidine rings is 1. The molecule has 0 aromatic carbocycles. The Morgan fingerprint density at radius 2 is 2.00 bits per heavy atom. The van der Waals surface area contributed by atoms with E-state index in [-0.39, 0.29) is 24.7 Å². The van der Waals surface area contributed by atoms with Crippen LogP contribution in [0.3, 0.4) is 0 Å². The Morgan fingerprint density at radius 1 is 1.24 bits per heavy atom. The largest absolute Gasteiger partial charge is 0.366 e. The Labute approximate surface area is 103 Å². The number of hydrogen-bond acceptors (Lipinski definition) is 3. The molecule has 3 fully saturated rings. The molecule has 1 aliphatic carbocycles. The van der Waals surface area contributed by atoms with Gasteiger partial charge in [-0.2, -0.15) is 0 Å². The van der Waals surface area contributed by atoms with Gasteiger partial charge in [0.1, 0.15) is 6.61 Å². The van der Waals surface area contributed by atoms with Gasteiger partial charge in [0.05, 0.1) is 12.1 Å². The van der Waals surface area contributed by atoms with E-state index in [1.807, 2.05) is 11.9 Å². The van der Waals surface area contributed by atoms with E-state index in [4.69, 9.17) is 4.74 Å². The van der Waals surface area contributed by atoms with Gasteiger partial charge >= 0.3 is 0 Å². The first-order chi connectivity index (χ1) is 8.25. The van der Waals surface area contributed by atoms with Crippen LogP contribution in [-0.4, -0.2) is 60.6 Å². The third-order valence-electron chi connectivity index (χ3n) is 4.70. The van der Waals surface area contributed by atoms with Gasteiger partial charge in [-0.15, -0.1) is 0 Å². The topological polar surface area (TPSA) is 32.8 Å². The number of nitrogens with zero attached hydrogens (tertiary/aromatic N) is 2. The molecule has 96 valence electrons. The second-order valence-corrected chi connectivity index (χ2v) is 5.64. The monoisotopic (exact) mass is 238 g/mol. The Morgan fingerprint density at radius 3 is 2.76 bits per heavy atom. The molecule has 0 bridgehead atoms. The summed E-state index contributed by atoms with van der Waals surface area (Å²) in [5, 5.41) is 0. The van der Waals surface area contributed by atoms with Crippen LogP contribution in [0.25, 0.3) is 0 Å². The van der Waals surface area contributed by atoms with E-state index in [9.17, 15) is 4.79 Å². The van der Waals surface area contributed by atoms with E-state index in [0.29, 0.717) is 0 Å². The molecule has 2 saturated heterocycles. The summed E-state index contributed by atoms with van der Waals surface area (Å²) in [6.07, 6.45) is 6.79. The summed E-state index contributed by atoms with van der Waals surface area (Å²) in [7, 11) is 1.93. The van der Waals surface area contributed by atoms with Crippen molar-refractivity contribution in [3.05, 3.63) is 0 Å². The van der Waals surface area contributed by atoms with Crippen molar-refractivity contribution < 1.29 is 9.53 Å². The average Bonchev–Trinajstić information content (AvgIpc) is 2.87. The Balaban J connectivity index is 1.67. The van der Waals surface area contributed by atoms with Crippen molar-refractivity contribution in [2.45, 2.75) is 50.3 Å². The number of hydrogen-bond donors (Lipinski definition) is 0. The molecular formula is C13H22N2O2. The number of fused-ring (bicyclic) bond motifs is 1. The minimum atomic E-state index is 0.138. The zero-order valence-corrected chi connectivity index (χ0v) is 10.6. The van der Waals surface area contributed by atoms with Crippen LogP contribution in [0.5, 0.6) is 0 Å². The quantitative estimate of drug-likeness (QED) is 0.679. The van der Waals surface area contributed by atoms with E-state index >= 15 is 0 Å². The number of amides is 1. The zero-order chi connectivity index (χ0) is 11.8. The Hall–Kier alpha value is -0.610. The molecule has 0 unspecified atom stereocenters. The van der Waals surface area contributed by atoms with Crippen LogP contribution in [0, 0.1) is 0 Å². The smallest absolute Gasteiger partial charge is 0.248 e. The lowest BCUT2D eigenvalue weighted by Crippen LogP contribution is -2.61. The molecule has 0 aromatic heterocycles. The van der Waals surface area contributed by atoms with Crippen molar-refractivity contribution in [3.8, 4) is 0 Å². The van der Waals surface area contributed by atoms with Crippen molar-refractivity contribution >= 4 is 5.91 Å². The average molecular weight is 238 g/mol. The van der Waals surface area contributed by atoms with Gasteiger partial charge < -0.3 is 9.64 Å². The predicted molar refractivity (Wildman–Crippen MR) is 64.7 cm³/mol. The number of rotatable bonds is 1. The van der Waals surface area contributed by atoms with Crippen LogP contribution < -0.4 is 0 Å². The van der Waals surface area contributed by atoms with E-state index in [1.165, 1.54) is 25.7 Å². The third kappa shape index (κ3) is 2.08. The highest BCUT2D eigenvalue weighted by Gasteiger charge is 2.40. The van der Waals surface area contributed by atoms with Gasteiger partial charge in [0, 0.05) is 26.2 Å². The summed E-state index contributed by atoms with van der Waals surface area (Å²) in [5.74, 6) is 0.138. The summed E-state index contributed by atoms with van der Waals surface area (Å²) >= 11 is 0. The summed E-state index contributed by atoms with van der Waals surface area (Å²) < 4.78 is 5.66. The van der Waals surface area contributed by atoms with Gasteiger partial charge in [0.15, 0.2) is 0 Å². The summed E-state index contributed by atoms with van der Waals surface area (Å²) in [6.45, 7) is 2.44. The summed E-state index contributed by atoms with van der Waals surface area (Å²) in [4.78, 5) is 16.2. The second kappa shape index (κ2) is 4.58. The van der Waals surface area contributed by atoms with Gasteiger partial charge in [-0.3, -0.25) is 9.69 Å². The molecule has 3 rings (SSSR count). The van der Waals surface area contributed by atoms with Crippen molar-refractivity contribution in [1.82, 2.24) is 9.80 Å². The lowest BCUT2D eigenvalue weighted by atomic mass is 9.97. The normalized spacial score (nSPS) is 36.3. The third-order valence-corrected chi connectivity index (χ3v) is 4.70. The molecule has 0 radical (unpaired) electrons. The zero-order valence-electron chi connectivity index (χ0n) is 10.6. The SMILES string of the molecule is CN1C(=O)CO[C@@H]2CCN(C3CCCC3)C[C@@H]21. The molecular weight excluding hydrogens is 216 g/mol. The van der Waals surface area contributed by atoms with Gasteiger partial charge in [0.25, 0.3) is 0 Å². The number of likely N-dealkylation sites (N-methyl/N-ethyl adjacent to an activating group) is 1. The van der Waals surface area contributed by atoms with Gasteiger partial charge in [-0.05, 0) is 19.3 Å². The fourth-order valence-electron chi connectivity index (χ4n) is 3.57. The Bertz CT molecular complexity index is 302. The van der Waals surface area contributed by atoms with Crippen LogP contribution in [0.15, 0.2) is 0 Å². The molecule has 4 nitrogen and oxygen atoms in total. The second-order valence-electron chi connectivity index (χ2n) is 5.64. The molecule has 2 atom stereocenters. The lowest BCUT2D eigenvalue weighted by Gasteiger charge is -2.47. The van der Waals surface area contributed by atoms with E-state index < -0.39 is 0 Å². The van der Waals surface area contributed by atoms with Gasteiger partial charge in [-0.25, -0.2) is 0 Å². The highest BCUT2D eigenvalue weighted by Crippen LogP contribution is 2.29. The number of carbonyl (C=O) groups excluding carboxylic acids is 1. The van der Waals surface area contributed by atoms with Crippen LogP contribution in [0.4, 0.5) is 0 Å². The van der Waals surface area contributed by atoms with Crippen LogP contribution in [0.2, 0.25) is 0 Å². The van der Waals surface area contributed by atoms with Crippen molar-refractivity contribution in [1.29, 1.82) is 0 Å². The Kier molecular flexibility index (Phi) is 3.09. The molecule has 4 heteroatoms. The lowest BCUT2D eigenvalue weighted by molar-refractivity contribution is -0.161. The highest BCUT2D eigenvalue weighted by atomic mass is 16.5. The molecule has 2 aliphatic heterocycles. The predicted octanol–water partition coefficient (Wildman–Crippen LogP) is 0.860. The van der Waals surface area contributed by atoms with Crippen molar-refractivity contribution in [3.63, 3.8) is 0 Å². The fourth-order valence-corrected chi connectivity index (χ4v) is 3.57. The van der Waals surface area contributed by atoms with Gasteiger partial charge in [0.2, 0.25) is 5.91 Å². The minimum absolute atomic E-state index is 0.138. The number of likely N-dealkylation sites (tertiary alicyclic amines) is 1. The molecule has 0 N–H and O–H groups in total. The van der Waals surface area contributed by atoms with Crippen LogP contribution >= 0.6 is 0 Å². The standard InChI is InChI=1S/C13H22N2O2/c1-14-11-8-15(10-4-2-3-5-10)7-6-12(11)17-9-13(14)16/h10-12H,2-9H2,1H3/t11-,12+/m0/s1. The molecule has 0 spiro atoms. The fraction of sp³-hybridized carbons (Fsp3) is 0.923. The molecule has 3 aliphatic rings. The molecule has 0 aromatic rings. The number of carbonyl (C=O) groups is 1. The number of ether oxygens (including phenoxy) is 1. The van der Waals surface area contributed by atoms with Crippen LogP contribution in [0.1, 0.15) is 32.1 Å². The van der Waals surface area contributed by atoms with Gasteiger partial charge in [-0.1, -0.05) is 12.8 Å². The first kappa shape index (κ1) is 11.5. The molecule has 1 saturated carbocycles. The molecule has 2 heterocycles. The van der Waals surface area contributed by atoms with E-state index in [1.54, 1.807) is 0 Å². The van der Waals surface area contributed by atoms with Crippen LogP contribution in [-0.2, 0) is 9.53 Å². The van der Waals surface area contributed by atoms with Crippen molar-refractivity contribution in [2.24, 2.45) is 0 Å². The first-order valence-corrected chi connectivity index (χ1v) is 6.87. The first-order valence-electron chi connectivity index (χ1n) is 6.87. The molecule has 1 amide bonds. The summed E-state index contributed by atoms with van der Waals surface area (Å²) in [5.41, 5.74) is 0. The maximum absolute atomic E-state index is 11.7.